The smallest absolute Gasteiger partial charge is 0.303 e. The van der Waals surface area contributed by atoms with Gasteiger partial charge in [0.05, 0.1) is 0 Å². The van der Waals surface area contributed by atoms with Crippen molar-refractivity contribution in [2.45, 2.75) is 6.92 Å². The number of rotatable bonds is 2. The van der Waals surface area contributed by atoms with Gasteiger partial charge in [0.15, 0.2) is 0 Å². The van der Waals surface area contributed by atoms with Crippen molar-refractivity contribution in [2.24, 2.45) is 0 Å². The van der Waals surface area contributed by atoms with Crippen molar-refractivity contribution >= 4 is 5.97 Å². The van der Waals surface area contributed by atoms with Crippen LogP contribution in [0.2, 0.25) is 0 Å². The standard InChI is InChI=1S/C5H7FO2/c1-4(6)3-8-5(2)7/h1,3H2,2H3. The summed E-state index contributed by atoms with van der Waals surface area (Å²) in [5.41, 5.74) is 0. The topological polar surface area (TPSA) is 26.3 Å². The van der Waals surface area contributed by atoms with Crippen molar-refractivity contribution < 1.29 is 13.9 Å². The van der Waals surface area contributed by atoms with Crippen LogP contribution in [-0.4, -0.2) is 12.6 Å². The van der Waals surface area contributed by atoms with E-state index in [1.165, 1.54) is 6.92 Å². The third kappa shape index (κ3) is 5.14. The molecule has 0 aromatic heterocycles. The largest absolute Gasteiger partial charge is 0.459 e. The summed E-state index contributed by atoms with van der Waals surface area (Å²) in [5.74, 6) is -1.14. The summed E-state index contributed by atoms with van der Waals surface area (Å²) >= 11 is 0. The fraction of sp³-hybridized carbons (Fsp3) is 0.400. The number of hydrogen-bond acceptors (Lipinski definition) is 2. The van der Waals surface area contributed by atoms with Gasteiger partial charge in [0.2, 0.25) is 0 Å². The predicted molar refractivity (Wildman–Crippen MR) is 26.9 cm³/mol. The van der Waals surface area contributed by atoms with E-state index < -0.39 is 11.8 Å². The predicted octanol–water partition coefficient (Wildman–Crippen LogP) is 1.03. The minimum atomic E-state index is -0.639. The van der Waals surface area contributed by atoms with Crippen LogP contribution in [0.15, 0.2) is 12.4 Å². The Bertz CT molecular complexity index is 95.0. The molecule has 0 aromatic carbocycles. The normalized spacial score (nSPS) is 8.25. The Balaban J connectivity index is 3.18. The zero-order chi connectivity index (χ0) is 6.57. The van der Waals surface area contributed by atoms with Crippen molar-refractivity contribution in [3.8, 4) is 0 Å². The molecule has 0 rings (SSSR count). The van der Waals surface area contributed by atoms with Crippen LogP contribution in [0, 0.1) is 0 Å². The summed E-state index contributed by atoms with van der Waals surface area (Å²) in [5, 5.41) is 0. The molecule has 0 bridgehead atoms. The highest BCUT2D eigenvalue weighted by Crippen LogP contribution is 1.90. The molecule has 8 heavy (non-hydrogen) atoms. The maximum absolute atomic E-state index is 11.6. The quantitative estimate of drug-likeness (QED) is 0.506. The number of carbonyl (C=O) groups excluding carboxylic acids is 1. The first-order valence-electron chi connectivity index (χ1n) is 2.09. The Morgan fingerprint density at radius 2 is 2.38 bits per heavy atom. The highest BCUT2D eigenvalue weighted by molar-refractivity contribution is 5.66. The molecule has 0 aliphatic rings. The molecule has 0 spiro atoms. The van der Waals surface area contributed by atoms with Gasteiger partial charge in [-0.15, -0.1) is 0 Å². The van der Waals surface area contributed by atoms with Crippen molar-refractivity contribution in [2.75, 3.05) is 6.61 Å². The number of ether oxygens (including phenoxy) is 1. The summed E-state index contributed by atoms with van der Waals surface area (Å²) in [6.07, 6.45) is 0. The molecule has 0 amide bonds. The van der Waals surface area contributed by atoms with Gasteiger partial charge in [0, 0.05) is 6.92 Å². The van der Waals surface area contributed by atoms with Gasteiger partial charge in [0.1, 0.15) is 12.4 Å². The molecule has 0 unspecified atom stereocenters. The molecule has 0 aromatic rings. The summed E-state index contributed by atoms with van der Waals surface area (Å²) in [6.45, 7) is 3.77. The molecule has 0 radical (unpaired) electrons. The molecule has 0 fully saturated rings. The van der Waals surface area contributed by atoms with Crippen LogP contribution in [0.4, 0.5) is 4.39 Å². The lowest BCUT2D eigenvalue weighted by Gasteiger charge is -1.94. The number of esters is 1. The summed E-state index contributed by atoms with van der Waals surface area (Å²) in [6, 6.07) is 0. The van der Waals surface area contributed by atoms with Crippen molar-refractivity contribution in [1.29, 1.82) is 0 Å². The highest BCUT2D eigenvalue weighted by atomic mass is 19.1. The Morgan fingerprint density at radius 1 is 1.88 bits per heavy atom. The second-order valence-corrected chi connectivity index (χ2v) is 1.30. The lowest BCUT2D eigenvalue weighted by atomic mass is 10.6. The Kier molecular flexibility index (Phi) is 2.84. The van der Waals surface area contributed by atoms with Gasteiger partial charge in [0.25, 0.3) is 0 Å². The van der Waals surface area contributed by atoms with Gasteiger partial charge in [-0.1, -0.05) is 6.58 Å². The van der Waals surface area contributed by atoms with Crippen LogP contribution in [0.5, 0.6) is 0 Å². The summed E-state index contributed by atoms with van der Waals surface area (Å²) in [7, 11) is 0. The van der Waals surface area contributed by atoms with E-state index in [0.29, 0.717) is 0 Å². The monoisotopic (exact) mass is 118 g/mol. The Labute approximate surface area is 47.0 Å². The lowest BCUT2D eigenvalue weighted by molar-refractivity contribution is -0.140. The van der Waals surface area contributed by atoms with E-state index in [2.05, 4.69) is 11.3 Å². The maximum atomic E-state index is 11.6. The summed E-state index contributed by atoms with van der Waals surface area (Å²) < 4.78 is 15.8. The van der Waals surface area contributed by atoms with Crippen LogP contribution in [-0.2, 0) is 9.53 Å². The SMILES string of the molecule is C=C(F)COC(C)=O. The fourth-order valence-electron chi connectivity index (χ4n) is 0.180. The molecular weight excluding hydrogens is 111 g/mol. The second-order valence-electron chi connectivity index (χ2n) is 1.30. The molecule has 0 aliphatic heterocycles. The molecule has 2 nitrogen and oxygen atoms in total. The van der Waals surface area contributed by atoms with E-state index in [1.54, 1.807) is 0 Å². The van der Waals surface area contributed by atoms with Crippen molar-refractivity contribution in [1.82, 2.24) is 0 Å². The zero-order valence-electron chi connectivity index (χ0n) is 4.61. The molecule has 0 saturated heterocycles. The van der Waals surface area contributed by atoms with Gasteiger partial charge in [-0.25, -0.2) is 4.39 Å². The van der Waals surface area contributed by atoms with Crippen LogP contribution >= 0.6 is 0 Å². The molecule has 3 heteroatoms. The molecule has 0 saturated carbocycles. The van der Waals surface area contributed by atoms with Crippen LogP contribution in [0.25, 0.3) is 0 Å². The van der Waals surface area contributed by atoms with E-state index in [4.69, 9.17) is 0 Å². The maximum Gasteiger partial charge on any atom is 0.303 e. The van der Waals surface area contributed by atoms with E-state index >= 15 is 0 Å². The first kappa shape index (κ1) is 7.14. The fourth-order valence-corrected chi connectivity index (χ4v) is 0.180. The third-order valence-electron chi connectivity index (χ3n) is 0.432. The van der Waals surface area contributed by atoms with Gasteiger partial charge in [-0.2, -0.15) is 0 Å². The first-order valence-corrected chi connectivity index (χ1v) is 2.09. The van der Waals surface area contributed by atoms with Gasteiger partial charge >= 0.3 is 5.97 Å². The van der Waals surface area contributed by atoms with Crippen LogP contribution in [0.3, 0.4) is 0 Å². The van der Waals surface area contributed by atoms with E-state index in [-0.39, 0.29) is 6.61 Å². The van der Waals surface area contributed by atoms with E-state index in [0.717, 1.165) is 0 Å². The van der Waals surface area contributed by atoms with E-state index in [9.17, 15) is 9.18 Å². The lowest BCUT2D eigenvalue weighted by Crippen LogP contribution is -1.99. The highest BCUT2D eigenvalue weighted by Gasteiger charge is 1.92. The van der Waals surface area contributed by atoms with Gasteiger partial charge in [-0.05, 0) is 0 Å². The Hall–Kier alpha value is -0.860. The average molecular weight is 118 g/mol. The number of carbonyl (C=O) groups is 1. The minimum absolute atomic E-state index is 0.324. The number of halogens is 1. The minimum Gasteiger partial charge on any atom is -0.459 e. The number of hydrogen-bond donors (Lipinski definition) is 0. The third-order valence-corrected chi connectivity index (χ3v) is 0.432. The molecule has 0 heterocycles. The second kappa shape index (κ2) is 3.18. The van der Waals surface area contributed by atoms with Crippen molar-refractivity contribution in [3.63, 3.8) is 0 Å². The molecule has 0 atom stereocenters. The first-order chi connectivity index (χ1) is 3.63. The van der Waals surface area contributed by atoms with Gasteiger partial charge < -0.3 is 4.74 Å². The van der Waals surface area contributed by atoms with Crippen LogP contribution in [0.1, 0.15) is 6.92 Å². The van der Waals surface area contributed by atoms with E-state index in [1.807, 2.05) is 0 Å². The van der Waals surface area contributed by atoms with Gasteiger partial charge in [-0.3, -0.25) is 4.79 Å². The molecular formula is C5H7FO2. The van der Waals surface area contributed by atoms with Crippen molar-refractivity contribution in [3.05, 3.63) is 12.4 Å². The summed E-state index contributed by atoms with van der Waals surface area (Å²) in [4.78, 5) is 9.92. The molecule has 0 aliphatic carbocycles. The molecule has 46 valence electrons. The molecule has 0 N–H and O–H groups in total. The average Bonchev–Trinajstić information content (AvgIpc) is 1.61. The zero-order valence-corrected chi connectivity index (χ0v) is 4.61. The van der Waals surface area contributed by atoms with Crippen LogP contribution < -0.4 is 0 Å². The Morgan fingerprint density at radius 3 is 2.50 bits per heavy atom.